The van der Waals surface area contributed by atoms with Crippen molar-refractivity contribution in [1.29, 1.82) is 0 Å². The van der Waals surface area contributed by atoms with E-state index in [4.69, 9.17) is 5.73 Å². The van der Waals surface area contributed by atoms with Crippen LogP contribution < -0.4 is 5.73 Å². The van der Waals surface area contributed by atoms with E-state index in [1.54, 1.807) is 12.1 Å². The summed E-state index contributed by atoms with van der Waals surface area (Å²) in [5, 5.41) is 0. The summed E-state index contributed by atoms with van der Waals surface area (Å²) in [6, 6.07) is 6.10. The average molecular weight is 220 g/mol. The summed E-state index contributed by atoms with van der Waals surface area (Å²) in [7, 11) is 0. The van der Waals surface area contributed by atoms with Gasteiger partial charge in [0.1, 0.15) is 11.9 Å². The molecule has 2 atom stereocenters. The second-order valence-electron chi connectivity index (χ2n) is 4.50. The van der Waals surface area contributed by atoms with E-state index in [9.17, 15) is 9.18 Å². The van der Waals surface area contributed by atoms with Crippen molar-refractivity contribution in [2.75, 3.05) is 0 Å². The van der Waals surface area contributed by atoms with Gasteiger partial charge in [-0.25, -0.2) is 4.39 Å². The van der Waals surface area contributed by atoms with Crippen LogP contribution in [0, 0.1) is 5.82 Å². The van der Waals surface area contributed by atoms with E-state index in [1.165, 1.54) is 12.1 Å². The van der Waals surface area contributed by atoms with Crippen LogP contribution in [-0.4, -0.2) is 22.9 Å². The predicted octanol–water partition coefficient (Wildman–Crippen LogP) is 1.20. The van der Waals surface area contributed by atoms with Crippen LogP contribution in [0.3, 0.4) is 0 Å². The van der Waals surface area contributed by atoms with Crippen molar-refractivity contribution in [2.45, 2.75) is 31.0 Å². The standard InChI is InChI=1S/C12H13FN2O/c13-8-3-1-7(2-4-8)11-10(14)12(16)15(11)9-5-6-9/h1-4,9-11H,5-6,14H2/t10-,11-/m0/s1. The largest absolute Gasteiger partial charge is 0.329 e. The molecular formula is C12H13FN2O. The van der Waals surface area contributed by atoms with E-state index in [-0.39, 0.29) is 17.8 Å². The van der Waals surface area contributed by atoms with Crippen LogP contribution in [0.2, 0.25) is 0 Å². The maximum Gasteiger partial charge on any atom is 0.242 e. The van der Waals surface area contributed by atoms with E-state index >= 15 is 0 Å². The highest BCUT2D eigenvalue weighted by Gasteiger charge is 2.51. The van der Waals surface area contributed by atoms with Crippen molar-refractivity contribution >= 4 is 5.91 Å². The van der Waals surface area contributed by atoms with Crippen molar-refractivity contribution < 1.29 is 9.18 Å². The number of halogens is 1. The Morgan fingerprint density at radius 1 is 1.25 bits per heavy atom. The minimum Gasteiger partial charge on any atom is -0.329 e. The highest BCUT2D eigenvalue weighted by molar-refractivity contribution is 5.90. The van der Waals surface area contributed by atoms with Crippen LogP contribution in [0.5, 0.6) is 0 Å². The molecule has 3 rings (SSSR count). The van der Waals surface area contributed by atoms with E-state index in [0.717, 1.165) is 18.4 Å². The maximum atomic E-state index is 12.8. The molecule has 1 aliphatic heterocycles. The Labute approximate surface area is 93.0 Å². The summed E-state index contributed by atoms with van der Waals surface area (Å²) in [4.78, 5) is 13.5. The second kappa shape index (κ2) is 3.28. The number of rotatable bonds is 2. The fourth-order valence-electron chi connectivity index (χ4n) is 2.32. The number of benzene rings is 1. The minimum atomic E-state index is -0.453. The number of amides is 1. The lowest BCUT2D eigenvalue weighted by molar-refractivity contribution is -0.150. The van der Waals surface area contributed by atoms with Gasteiger partial charge in [-0.2, -0.15) is 0 Å². The zero-order chi connectivity index (χ0) is 11.3. The molecule has 1 saturated carbocycles. The Kier molecular flexibility index (Phi) is 2.01. The van der Waals surface area contributed by atoms with Gasteiger partial charge < -0.3 is 10.6 Å². The summed E-state index contributed by atoms with van der Waals surface area (Å²) < 4.78 is 12.8. The molecule has 0 bridgehead atoms. The number of hydrogen-bond acceptors (Lipinski definition) is 2. The zero-order valence-corrected chi connectivity index (χ0v) is 8.77. The van der Waals surface area contributed by atoms with E-state index in [1.807, 2.05) is 4.90 Å². The van der Waals surface area contributed by atoms with Crippen LogP contribution in [0.25, 0.3) is 0 Å². The molecule has 84 valence electrons. The van der Waals surface area contributed by atoms with Crippen LogP contribution in [0.1, 0.15) is 24.4 Å². The highest BCUT2D eigenvalue weighted by atomic mass is 19.1. The first-order chi connectivity index (χ1) is 7.68. The van der Waals surface area contributed by atoms with Crippen LogP contribution in [0.15, 0.2) is 24.3 Å². The average Bonchev–Trinajstić information content (AvgIpc) is 3.10. The van der Waals surface area contributed by atoms with Gasteiger partial charge >= 0.3 is 0 Å². The summed E-state index contributed by atoms with van der Waals surface area (Å²) in [5.41, 5.74) is 6.74. The van der Waals surface area contributed by atoms with Gasteiger partial charge in [0.05, 0.1) is 6.04 Å². The third-order valence-electron chi connectivity index (χ3n) is 3.33. The lowest BCUT2D eigenvalue weighted by Gasteiger charge is -2.46. The van der Waals surface area contributed by atoms with Crippen LogP contribution >= 0.6 is 0 Å². The smallest absolute Gasteiger partial charge is 0.242 e. The molecule has 2 fully saturated rings. The lowest BCUT2D eigenvalue weighted by atomic mass is 9.89. The molecule has 0 aromatic heterocycles. The Hall–Kier alpha value is -1.42. The van der Waals surface area contributed by atoms with Gasteiger partial charge in [-0.05, 0) is 30.5 Å². The number of carbonyl (C=O) groups excluding carboxylic acids is 1. The molecule has 1 amide bonds. The molecule has 4 heteroatoms. The summed E-state index contributed by atoms with van der Waals surface area (Å²) in [6.07, 6.45) is 2.13. The summed E-state index contributed by atoms with van der Waals surface area (Å²) in [6.45, 7) is 0. The fraction of sp³-hybridized carbons (Fsp3) is 0.417. The number of nitrogens with zero attached hydrogens (tertiary/aromatic N) is 1. The summed E-state index contributed by atoms with van der Waals surface area (Å²) >= 11 is 0. The molecule has 1 aromatic carbocycles. The molecule has 1 saturated heterocycles. The van der Waals surface area contributed by atoms with Gasteiger partial charge in [-0.15, -0.1) is 0 Å². The molecule has 0 radical (unpaired) electrons. The Bertz CT molecular complexity index is 427. The van der Waals surface area contributed by atoms with E-state index in [0.29, 0.717) is 6.04 Å². The van der Waals surface area contributed by atoms with Crippen LogP contribution in [0.4, 0.5) is 4.39 Å². The Morgan fingerprint density at radius 3 is 2.44 bits per heavy atom. The lowest BCUT2D eigenvalue weighted by Crippen LogP contribution is -2.63. The third-order valence-corrected chi connectivity index (χ3v) is 3.33. The molecule has 0 unspecified atom stereocenters. The van der Waals surface area contributed by atoms with Crippen molar-refractivity contribution in [3.8, 4) is 0 Å². The molecule has 16 heavy (non-hydrogen) atoms. The number of hydrogen-bond donors (Lipinski definition) is 1. The third kappa shape index (κ3) is 1.33. The molecule has 2 N–H and O–H groups in total. The predicted molar refractivity (Wildman–Crippen MR) is 57.0 cm³/mol. The van der Waals surface area contributed by atoms with Gasteiger partial charge in [0.2, 0.25) is 5.91 Å². The topological polar surface area (TPSA) is 46.3 Å². The van der Waals surface area contributed by atoms with Crippen LogP contribution in [-0.2, 0) is 4.79 Å². The normalized spacial score (nSPS) is 29.1. The summed E-state index contributed by atoms with van der Waals surface area (Å²) in [5.74, 6) is -0.238. The monoisotopic (exact) mass is 220 g/mol. The molecule has 2 aliphatic rings. The number of β-lactam (4-membered cyclic amide) rings is 1. The van der Waals surface area contributed by atoms with E-state index in [2.05, 4.69) is 0 Å². The van der Waals surface area contributed by atoms with Crippen molar-refractivity contribution in [1.82, 2.24) is 4.90 Å². The van der Waals surface area contributed by atoms with Gasteiger partial charge in [0.25, 0.3) is 0 Å². The molecule has 1 heterocycles. The van der Waals surface area contributed by atoms with Crippen molar-refractivity contribution in [3.63, 3.8) is 0 Å². The SMILES string of the molecule is N[C@@H]1C(=O)N(C2CC2)[C@H]1c1ccc(F)cc1. The van der Waals surface area contributed by atoms with Crippen molar-refractivity contribution in [2.24, 2.45) is 5.73 Å². The minimum absolute atomic E-state index is 0.0248. The molecule has 1 aliphatic carbocycles. The van der Waals surface area contributed by atoms with Gasteiger partial charge in [0, 0.05) is 6.04 Å². The van der Waals surface area contributed by atoms with Gasteiger partial charge in [-0.1, -0.05) is 12.1 Å². The zero-order valence-electron chi connectivity index (χ0n) is 8.77. The quantitative estimate of drug-likeness (QED) is 0.761. The highest BCUT2D eigenvalue weighted by Crippen LogP contribution is 2.42. The van der Waals surface area contributed by atoms with Gasteiger partial charge in [0.15, 0.2) is 0 Å². The van der Waals surface area contributed by atoms with E-state index < -0.39 is 6.04 Å². The van der Waals surface area contributed by atoms with Gasteiger partial charge in [-0.3, -0.25) is 4.79 Å². The number of likely N-dealkylation sites (tertiary alicyclic amines) is 1. The first-order valence-electron chi connectivity index (χ1n) is 5.51. The maximum absolute atomic E-state index is 12.8. The molecule has 1 aromatic rings. The first kappa shape index (κ1) is 9.78. The molecule has 0 spiro atoms. The Morgan fingerprint density at radius 2 is 1.88 bits per heavy atom. The number of carbonyl (C=O) groups is 1. The molecular weight excluding hydrogens is 207 g/mol. The first-order valence-corrected chi connectivity index (χ1v) is 5.51. The number of nitrogens with two attached hydrogens (primary N) is 1. The van der Waals surface area contributed by atoms with Crippen molar-refractivity contribution in [3.05, 3.63) is 35.6 Å². The second-order valence-corrected chi connectivity index (χ2v) is 4.50. The fourth-order valence-corrected chi connectivity index (χ4v) is 2.32. The Balaban J connectivity index is 1.87. The molecule has 3 nitrogen and oxygen atoms in total.